The zero-order valence-electron chi connectivity index (χ0n) is 56.9. The van der Waals surface area contributed by atoms with Gasteiger partial charge in [0.05, 0.1) is 60.9 Å². The highest BCUT2D eigenvalue weighted by Crippen LogP contribution is 2.33. The third-order valence-electron chi connectivity index (χ3n) is 17.9. The van der Waals surface area contributed by atoms with Crippen LogP contribution in [0.5, 0.6) is 0 Å². The number of unbranched alkanes of at least 4 members (excludes halogenated alkanes) is 2. The molecule has 24 nitrogen and oxygen atoms in total. The summed E-state index contributed by atoms with van der Waals surface area (Å²) < 4.78 is 18.1. The molecule has 2 aliphatic rings. The average molecular weight is 1440 g/mol. The maximum Gasteiger partial charge on any atom is 0.410 e. The van der Waals surface area contributed by atoms with E-state index in [0.29, 0.717) is 61.9 Å². The van der Waals surface area contributed by atoms with Crippen LogP contribution in [0.25, 0.3) is 0 Å². The van der Waals surface area contributed by atoms with Crippen LogP contribution < -0.4 is 27.0 Å². The lowest BCUT2D eigenvalue weighted by Crippen LogP contribution is -2.54. The van der Waals surface area contributed by atoms with Gasteiger partial charge in [-0.15, -0.1) is 0 Å². The van der Waals surface area contributed by atoms with E-state index < -0.39 is 114 Å². The Balaban J connectivity index is 1.36. The van der Waals surface area contributed by atoms with Crippen molar-refractivity contribution in [1.82, 2.24) is 35.6 Å². The minimum absolute atomic E-state index is 0.113. The molecule has 1 saturated heterocycles. The minimum atomic E-state index is -1.03. The first kappa shape index (κ1) is 79.8. The summed E-state index contributed by atoms with van der Waals surface area (Å²) in [6, 6.07) is 11.2. The van der Waals surface area contributed by atoms with E-state index in [0.717, 1.165) is 4.90 Å². The Morgan fingerprint density at radius 2 is 1.39 bits per heavy atom. The molecule has 2 aromatic rings. The van der Waals surface area contributed by atoms with E-state index in [-0.39, 0.29) is 103 Å². The van der Waals surface area contributed by atoms with Gasteiger partial charge in [0, 0.05) is 84.7 Å². The van der Waals surface area contributed by atoms with Crippen molar-refractivity contribution in [2.24, 2.45) is 41.2 Å². The molecule has 1 unspecified atom stereocenters. The zero-order valence-corrected chi connectivity index (χ0v) is 60.0. The van der Waals surface area contributed by atoms with Crippen molar-refractivity contribution >= 4 is 103 Å². The van der Waals surface area contributed by atoms with Gasteiger partial charge in [-0.1, -0.05) is 111 Å². The highest BCUT2D eigenvalue weighted by Gasteiger charge is 2.44. The number of aliphatic hydroxyl groups excluding tert-OH is 1. The first-order valence-corrected chi connectivity index (χ1v) is 34.2. The van der Waals surface area contributed by atoms with Crippen LogP contribution in [-0.2, 0) is 64.0 Å². The lowest BCUT2D eigenvalue weighted by atomic mass is 9.86. The van der Waals surface area contributed by atoms with Gasteiger partial charge < -0.3 is 61.0 Å². The minimum Gasteiger partial charge on any atom is -0.445 e. The molecule has 0 spiro atoms. The molecule has 0 aliphatic carbocycles. The summed E-state index contributed by atoms with van der Waals surface area (Å²) in [4.78, 5) is 153. The largest absolute Gasteiger partial charge is 0.445 e. The van der Waals surface area contributed by atoms with Gasteiger partial charge in [-0.2, -0.15) is 0 Å². The predicted octanol–water partition coefficient (Wildman–Crippen LogP) is 8.07. The number of rotatable bonds is 39. The average Bonchev–Trinajstić information content (AvgIpc) is 1.61. The zero-order chi connectivity index (χ0) is 70.3. The molecule has 94 heavy (non-hydrogen) atoms. The molecule has 12 atom stereocenters. The summed E-state index contributed by atoms with van der Waals surface area (Å²) in [7, 11) is 6.07. The number of hydrogen-bond donors (Lipinski definition) is 6. The molecule has 0 saturated carbocycles. The Morgan fingerprint density at radius 3 is 1.97 bits per heavy atom. The number of benzene rings is 2. The molecule has 2 aromatic carbocycles. The first-order valence-electron chi connectivity index (χ1n) is 32.6. The molecule has 2 aliphatic heterocycles. The second-order valence-corrected chi connectivity index (χ2v) is 27.2. The second kappa shape index (κ2) is 38.8. The molecule has 0 bridgehead atoms. The van der Waals surface area contributed by atoms with E-state index >= 15 is 4.79 Å². The Bertz CT molecular complexity index is 2930. The van der Waals surface area contributed by atoms with E-state index in [1.807, 2.05) is 32.0 Å². The normalized spacial score (nSPS) is 17.7. The Labute approximate surface area is 570 Å². The fourth-order valence-electron chi connectivity index (χ4n) is 12.4. The molecule has 10 amide bonds. The van der Waals surface area contributed by atoms with Gasteiger partial charge in [0.25, 0.3) is 11.8 Å². The summed E-state index contributed by atoms with van der Waals surface area (Å²) in [6.07, 6.45) is 0.183. The predicted molar refractivity (Wildman–Crippen MR) is 362 cm³/mol. The standard InChI is InChI=1S/C68H101Br2N9O15/c1-14-41(6)59(52(92-12)37-54(83)78-34-22-26-49(78)61(93-13)43(8)63(86)73-44(9)60(84)46-23-17-15-18-24-46)76(10)64(87)47(25-21-32-72-67(71)90)36-51(81)58(40(4)5)77(11)68(91)94-38-45-28-30-48(31-29-45)74-62(85)42(7)35-50(80)57(39(2)3)75-53(82)27-19-16-20-33-79-65(88)55(69)56(70)66(79)89/h15,17-18,23-24,28-31,39-44,47,49,52,57-61,84H,14,16,19-22,25-27,32-38H2,1-13H3,(H,73,86)(H,74,85)(H,75,82)(H3,71,72,90)/t41-,42+,43+,44+,47+,49?,52+,57-,58-,59-,60+,61+/m0/s1. The van der Waals surface area contributed by atoms with Gasteiger partial charge in [-0.3, -0.25) is 48.1 Å². The third kappa shape index (κ3) is 22.8. The number of carbonyl (C=O) groups excluding carboxylic acids is 11. The maximum absolute atomic E-state index is 15.0. The van der Waals surface area contributed by atoms with Crippen molar-refractivity contribution in [1.29, 1.82) is 0 Å². The van der Waals surface area contributed by atoms with Crippen molar-refractivity contribution in [3.8, 4) is 0 Å². The number of Topliss-reactive ketones (excluding diaryl/α,β-unsaturated/α-hetero) is 2. The SMILES string of the molecule is CC[C@H](C)[C@@H]([C@@H](CC(=O)N1CCCC1[C@H](OC)[C@@H](C)C(=O)N[C@H](C)[C@@H](O)c1ccccc1)OC)N(C)C(=O)[C@H](CCCNC(N)=O)CC(=O)[C@H](C(C)C)N(C)C(=O)OCc1ccc(NC(=O)[C@H](C)CC(=O)[C@@H](NC(=O)CCCCCN2C(=O)C(Br)=C(Br)C2=O)C(C)C)cc1. The van der Waals surface area contributed by atoms with Crippen LogP contribution in [0.3, 0.4) is 0 Å². The van der Waals surface area contributed by atoms with Gasteiger partial charge in [-0.05, 0) is 118 Å². The number of likely N-dealkylation sites (N-methyl/N-ethyl adjacent to an activating group) is 2. The Hall–Kier alpha value is -6.61. The number of anilines is 1. The highest BCUT2D eigenvalue weighted by atomic mass is 79.9. The number of likely N-dealkylation sites (tertiary alicyclic amines) is 1. The number of ketones is 2. The molecule has 0 radical (unpaired) electrons. The molecule has 522 valence electrons. The number of amides is 10. The monoisotopic (exact) mass is 1440 g/mol. The van der Waals surface area contributed by atoms with E-state index in [9.17, 15) is 53.1 Å². The Kier molecular flexibility index (Phi) is 33.0. The topological polar surface area (TPSA) is 323 Å². The molecule has 7 N–H and O–H groups in total. The van der Waals surface area contributed by atoms with Crippen LogP contribution in [0.1, 0.15) is 157 Å². The summed E-state index contributed by atoms with van der Waals surface area (Å²) >= 11 is 6.22. The summed E-state index contributed by atoms with van der Waals surface area (Å²) in [6.45, 7) is 16.7. The number of aliphatic hydroxyl groups is 1. The van der Waals surface area contributed by atoms with E-state index in [1.165, 1.54) is 26.2 Å². The third-order valence-corrected chi connectivity index (χ3v) is 20.0. The lowest BCUT2D eigenvalue weighted by Gasteiger charge is -2.40. The van der Waals surface area contributed by atoms with Gasteiger partial charge in [0.2, 0.25) is 29.5 Å². The van der Waals surface area contributed by atoms with Crippen LogP contribution in [0.15, 0.2) is 63.6 Å². The van der Waals surface area contributed by atoms with Gasteiger partial charge in [0.15, 0.2) is 11.6 Å². The number of urea groups is 1. The number of ether oxygens (including phenoxy) is 3. The number of carbonyl (C=O) groups is 11. The van der Waals surface area contributed by atoms with Crippen LogP contribution in [0.2, 0.25) is 0 Å². The number of methoxy groups -OCH3 is 2. The number of hydrogen-bond acceptors (Lipinski definition) is 15. The van der Waals surface area contributed by atoms with Gasteiger partial charge >= 0.3 is 12.1 Å². The number of nitrogens with two attached hydrogens (primary N) is 1. The number of imide groups is 1. The Morgan fingerprint density at radius 1 is 0.755 bits per heavy atom. The van der Waals surface area contributed by atoms with Gasteiger partial charge in [0.1, 0.15) is 15.6 Å². The van der Waals surface area contributed by atoms with Crippen LogP contribution in [-0.4, -0.2) is 180 Å². The summed E-state index contributed by atoms with van der Waals surface area (Å²) in [5, 5.41) is 22.1. The van der Waals surface area contributed by atoms with Crippen LogP contribution in [0, 0.1) is 35.5 Å². The molecular formula is C68H101Br2N9O15. The number of halogens is 2. The first-order chi connectivity index (χ1) is 44.4. The number of nitrogens with zero attached hydrogens (tertiary/aromatic N) is 4. The summed E-state index contributed by atoms with van der Waals surface area (Å²) in [5.74, 6) is -6.56. The van der Waals surface area contributed by atoms with Gasteiger partial charge in [-0.25, -0.2) is 9.59 Å². The molecule has 0 aromatic heterocycles. The van der Waals surface area contributed by atoms with Crippen molar-refractivity contribution in [3.63, 3.8) is 0 Å². The van der Waals surface area contributed by atoms with Crippen LogP contribution >= 0.6 is 31.9 Å². The van der Waals surface area contributed by atoms with E-state index in [4.69, 9.17) is 19.9 Å². The molecule has 26 heteroatoms. The second-order valence-electron chi connectivity index (χ2n) is 25.6. The smallest absolute Gasteiger partial charge is 0.410 e. The molecular weight excluding hydrogens is 1340 g/mol. The maximum atomic E-state index is 15.0. The quantitative estimate of drug-likeness (QED) is 0.0272. The van der Waals surface area contributed by atoms with Crippen molar-refractivity contribution < 1.29 is 72.1 Å². The number of primary amides is 1. The van der Waals surface area contributed by atoms with E-state index in [2.05, 4.69) is 53.1 Å². The molecule has 2 heterocycles. The van der Waals surface area contributed by atoms with Crippen LogP contribution in [0.4, 0.5) is 15.3 Å². The molecule has 4 rings (SSSR count). The highest BCUT2D eigenvalue weighted by molar-refractivity contribution is 9.14. The summed E-state index contributed by atoms with van der Waals surface area (Å²) in [5.41, 5.74) is 7.01. The lowest BCUT2D eigenvalue weighted by molar-refractivity contribution is -0.148. The van der Waals surface area contributed by atoms with Crippen molar-refractivity contribution in [3.05, 3.63) is 74.7 Å². The van der Waals surface area contributed by atoms with E-state index in [1.54, 1.807) is 102 Å². The molecule has 1 fully saturated rings. The van der Waals surface area contributed by atoms with Crippen molar-refractivity contribution in [2.75, 3.05) is 53.3 Å². The fourth-order valence-corrected chi connectivity index (χ4v) is 13.2. The number of nitrogens with one attached hydrogen (secondary N) is 4. The fraction of sp³-hybridized carbons (Fsp3) is 0.632. The van der Waals surface area contributed by atoms with Crippen molar-refractivity contribution in [2.45, 2.75) is 194 Å².